The third-order valence-electron chi connectivity index (χ3n) is 3.02. The number of rotatable bonds is 8. The molecule has 1 aromatic heterocycles. The van der Waals surface area contributed by atoms with E-state index >= 15 is 0 Å². The van der Waals surface area contributed by atoms with E-state index in [4.69, 9.17) is 0 Å². The molecule has 1 unspecified atom stereocenters. The summed E-state index contributed by atoms with van der Waals surface area (Å²) in [5, 5.41) is 3.44. The Morgan fingerprint density at radius 1 is 1.38 bits per heavy atom. The zero-order valence-corrected chi connectivity index (χ0v) is 12.6. The van der Waals surface area contributed by atoms with Crippen molar-refractivity contribution in [2.75, 3.05) is 6.54 Å². The summed E-state index contributed by atoms with van der Waals surface area (Å²) in [5.41, 5.74) is 2.73. The maximum absolute atomic E-state index is 12.3. The SMILES string of the molecule is CCCNC(Cc1cncs1)c1cccc(OC(F)F)c1. The second-order valence-electron chi connectivity index (χ2n) is 4.63. The van der Waals surface area contributed by atoms with Crippen molar-refractivity contribution < 1.29 is 13.5 Å². The van der Waals surface area contributed by atoms with Crippen LogP contribution in [0.5, 0.6) is 5.75 Å². The number of alkyl halides is 2. The zero-order chi connectivity index (χ0) is 15.1. The third kappa shape index (κ3) is 5.06. The fourth-order valence-corrected chi connectivity index (χ4v) is 2.72. The smallest absolute Gasteiger partial charge is 0.387 e. The fraction of sp³-hybridized carbons (Fsp3) is 0.400. The van der Waals surface area contributed by atoms with Crippen LogP contribution in [0.25, 0.3) is 0 Å². The van der Waals surface area contributed by atoms with Crippen LogP contribution in [0.4, 0.5) is 8.78 Å². The van der Waals surface area contributed by atoms with E-state index in [0.29, 0.717) is 0 Å². The Labute approximate surface area is 127 Å². The Balaban J connectivity index is 2.14. The van der Waals surface area contributed by atoms with E-state index in [1.54, 1.807) is 35.0 Å². The first kappa shape index (κ1) is 15.9. The quantitative estimate of drug-likeness (QED) is 0.799. The molecule has 0 radical (unpaired) electrons. The lowest BCUT2D eigenvalue weighted by molar-refractivity contribution is -0.0499. The number of nitrogens with one attached hydrogen (secondary N) is 1. The van der Waals surface area contributed by atoms with Crippen LogP contribution in [0.3, 0.4) is 0 Å². The van der Waals surface area contributed by atoms with E-state index < -0.39 is 6.61 Å². The summed E-state index contributed by atoms with van der Waals surface area (Å²) in [4.78, 5) is 5.23. The van der Waals surface area contributed by atoms with Gasteiger partial charge in [0, 0.05) is 23.5 Å². The number of aromatic nitrogens is 1. The zero-order valence-electron chi connectivity index (χ0n) is 11.8. The summed E-state index contributed by atoms with van der Waals surface area (Å²) in [6.07, 6.45) is 3.63. The minimum Gasteiger partial charge on any atom is -0.435 e. The molecule has 1 aromatic carbocycles. The number of thiazole rings is 1. The Bertz CT molecular complexity index is 534. The molecule has 0 saturated carbocycles. The molecule has 2 aromatic rings. The van der Waals surface area contributed by atoms with Crippen molar-refractivity contribution in [3.05, 3.63) is 46.4 Å². The molecule has 0 fully saturated rings. The summed E-state index contributed by atoms with van der Waals surface area (Å²) in [6, 6.07) is 6.93. The molecule has 114 valence electrons. The average Bonchev–Trinajstić information content (AvgIpc) is 2.96. The van der Waals surface area contributed by atoms with E-state index in [0.717, 1.165) is 29.8 Å². The summed E-state index contributed by atoms with van der Waals surface area (Å²) in [6.45, 7) is 0.153. The Kier molecular flexibility index (Phi) is 6.07. The lowest BCUT2D eigenvalue weighted by Gasteiger charge is -2.19. The normalized spacial score (nSPS) is 12.6. The highest BCUT2D eigenvalue weighted by molar-refractivity contribution is 7.09. The first-order chi connectivity index (χ1) is 10.2. The second kappa shape index (κ2) is 8.05. The monoisotopic (exact) mass is 312 g/mol. The van der Waals surface area contributed by atoms with Crippen LogP contribution in [0.1, 0.15) is 29.8 Å². The lowest BCUT2D eigenvalue weighted by Crippen LogP contribution is -2.23. The molecule has 0 aliphatic rings. The van der Waals surface area contributed by atoms with Gasteiger partial charge in [0.15, 0.2) is 0 Å². The van der Waals surface area contributed by atoms with E-state index in [1.165, 1.54) is 0 Å². The van der Waals surface area contributed by atoms with Crippen LogP contribution in [-0.2, 0) is 6.42 Å². The highest BCUT2D eigenvalue weighted by Crippen LogP contribution is 2.24. The maximum atomic E-state index is 12.3. The molecule has 3 nitrogen and oxygen atoms in total. The maximum Gasteiger partial charge on any atom is 0.387 e. The first-order valence-electron chi connectivity index (χ1n) is 6.84. The minimum atomic E-state index is -2.80. The van der Waals surface area contributed by atoms with Crippen molar-refractivity contribution in [3.8, 4) is 5.75 Å². The molecular formula is C15H18F2N2OS. The molecular weight excluding hydrogens is 294 g/mol. The molecule has 1 atom stereocenters. The van der Waals surface area contributed by atoms with Gasteiger partial charge < -0.3 is 10.1 Å². The van der Waals surface area contributed by atoms with E-state index in [1.807, 2.05) is 12.3 Å². The second-order valence-corrected chi connectivity index (χ2v) is 5.60. The van der Waals surface area contributed by atoms with Crippen LogP contribution < -0.4 is 10.1 Å². The first-order valence-corrected chi connectivity index (χ1v) is 7.72. The molecule has 0 spiro atoms. The van der Waals surface area contributed by atoms with Crippen molar-refractivity contribution in [2.45, 2.75) is 32.4 Å². The van der Waals surface area contributed by atoms with Gasteiger partial charge in [0.1, 0.15) is 5.75 Å². The van der Waals surface area contributed by atoms with Gasteiger partial charge in [0.25, 0.3) is 0 Å². The molecule has 1 N–H and O–H groups in total. The summed E-state index contributed by atoms with van der Waals surface area (Å²) in [5.74, 6) is 0.190. The van der Waals surface area contributed by atoms with Crippen molar-refractivity contribution in [1.29, 1.82) is 0 Å². The lowest BCUT2D eigenvalue weighted by atomic mass is 10.0. The van der Waals surface area contributed by atoms with E-state index in [9.17, 15) is 8.78 Å². The molecule has 0 saturated heterocycles. The highest BCUT2D eigenvalue weighted by atomic mass is 32.1. The number of hydrogen-bond acceptors (Lipinski definition) is 4. The van der Waals surface area contributed by atoms with Gasteiger partial charge >= 0.3 is 6.61 Å². The van der Waals surface area contributed by atoms with Gasteiger partial charge in [0.2, 0.25) is 0 Å². The number of benzene rings is 1. The number of hydrogen-bond donors (Lipinski definition) is 1. The van der Waals surface area contributed by atoms with Crippen molar-refractivity contribution in [3.63, 3.8) is 0 Å². The number of nitrogens with zero attached hydrogens (tertiary/aromatic N) is 1. The molecule has 0 bridgehead atoms. The number of ether oxygens (including phenoxy) is 1. The van der Waals surface area contributed by atoms with Crippen LogP contribution in [0.15, 0.2) is 36.0 Å². The van der Waals surface area contributed by atoms with Gasteiger partial charge in [-0.3, -0.25) is 4.98 Å². The van der Waals surface area contributed by atoms with Crippen molar-refractivity contribution >= 4 is 11.3 Å². The summed E-state index contributed by atoms with van der Waals surface area (Å²) < 4.78 is 29.1. The van der Waals surface area contributed by atoms with E-state index in [2.05, 4.69) is 22.0 Å². The van der Waals surface area contributed by atoms with Gasteiger partial charge in [-0.05, 0) is 30.7 Å². The van der Waals surface area contributed by atoms with Crippen molar-refractivity contribution in [2.24, 2.45) is 0 Å². The van der Waals surface area contributed by atoms with Crippen LogP contribution >= 0.6 is 11.3 Å². The molecule has 6 heteroatoms. The van der Waals surface area contributed by atoms with Gasteiger partial charge in [-0.15, -0.1) is 11.3 Å². The Morgan fingerprint density at radius 2 is 2.24 bits per heavy atom. The fourth-order valence-electron chi connectivity index (χ4n) is 2.08. The topological polar surface area (TPSA) is 34.2 Å². The molecule has 0 aliphatic heterocycles. The standard InChI is InChI=1S/C15H18F2N2OS/c1-2-6-19-14(8-13-9-18-10-21-13)11-4-3-5-12(7-11)20-15(16)17/h3-5,7,9-10,14-15,19H,2,6,8H2,1H3. The molecule has 0 aliphatic carbocycles. The summed E-state index contributed by atoms with van der Waals surface area (Å²) in [7, 11) is 0. The average molecular weight is 312 g/mol. The highest BCUT2D eigenvalue weighted by Gasteiger charge is 2.14. The molecule has 2 rings (SSSR count). The van der Waals surface area contributed by atoms with Gasteiger partial charge in [0.05, 0.1) is 5.51 Å². The summed E-state index contributed by atoms with van der Waals surface area (Å²) >= 11 is 1.59. The van der Waals surface area contributed by atoms with Crippen LogP contribution in [-0.4, -0.2) is 18.1 Å². The largest absolute Gasteiger partial charge is 0.435 e. The van der Waals surface area contributed by atoms with Crippen molar-refractivity contribution in [1.82, 2.24) is 10.3 Å². The molecule has 1 heterocycles. The van der Waals surface area contributed by atoms with Gasteiger partial charge in [-0.2, -0.15) is 8.78 Å². The number of halogens is 2. The molecule has 0 amide bonds. The minimum absolute atomic E-state index is 0.0617. The predicted octanol–water partition coefficient (Wildman–Crippen LogP) is 4.03. The Hall–Kier alpha value is -1.53. The Morgan fingerprint density at radius 3 is 2.90 bits per heavy atom. The van der Waals surface area contributed by atoms with Gasteiger partial charge in [-0.25, -0.2) is 0 Å². The van der Waals surface area contributed by atoms with Crippen LogP contribution in [0, 0.1) is 0 Å². The predicted molar refractivity (Wildman–Crippen MR) is 79.9 cm³/mol. The van der Waals surface area contributed by atoms with Gasteiger partial charge in [-0.1, -0.05) is 19.1 Å². The third-order valence-corrected chi connectivity index (χ3v) is 3.82. The van der Waals surface area contributed by atoms with E-state index in [-0.39, 0.29) is 11.8 Å². The van der Waals surface area contributed by atoms with Crippen LogP contribution in [0.2, 0.25) is 0 Å². The molecule has 21 heavy (non-hydrogen) atoms.